The molecule has 0 atom stereocenters. The average Bonchev–Trinajstić information content (AvgIpc) is 2.23. The summed E-state index contributed by atoms with van der Waals surface area (Å²) in [6, 6.07) is -5.20. The van der Waals surface area contributed by atoms with Gasteiger partial charge in [-0.05, 0) is 0 Å². The van der Waals surface area contributed by atoms with Crippen LogP contribution in [0.15, 0.2) is 11.3 Å². The largest absolute Gasteiger partial charge is 0.460 e. The summed E-state index contributed by atoms with van der Waals surface area (Å²) in [5, 5.41) is 0. The second-order valence-corrected chi connectivity index (χ2v) is 11.6. The number of allylic oxidation sites excluding steroid dienone is 1. The van der Waals surface area contributed by atoms with Gasteiger partial charge in [-0.15, -0.1) is 33.2 Å². The van der Waals surface area contributed by atoms with E-state index in [0.717, 1.165) is 0 Å². The fourth-order valence-electron chi connectivity index (χ4n) is 0.775. The minimum atomic E-state index is -7.38. The summed E-state index contributed by atoms with van der Waals surface area (Å²) in [4.78, 5) is 0. The maximum Gasteiger partial charge on any atom is 0.460 e. The average molecular weight is 415 g/mol. The smallest absolute Gasteiger partial charge is 0.209 e. The van der Waals surface area contributed by atoms with Crippen LogP contribution in [0.25, 0.3) is 0 Å². The van der Waals surface area contributed by atoms with Crippen molar-refractivity contribution in [3.63, 3.8) is 0 Å². The molecule has 0 nitrogen and oxygen atoms in total. The first-order valence-corrected chi connectivity index (χ1v) is 9.18. The molecule has 0 saturated carbocycles. The Hall–Kier alpha value is 0.0569. The maximum atomic E-state index is 12.8. The van der Waals surface area contributed by atoms with Gasteiger partial charge in [-0.3, -0.25) is 0 Å². The molecule has 0 aliphatic heterocycles. The summed E-state index contributed by atoms with van der Waals surface area (Å²) in [5.74, 6) is -25.7. The molecule has 0 rings (SSSR count). The van der Waals surface area contributed by atoms with E-state index in [2.05, 4.69) is 33.2 Å². The summed E-state index contributed by atoms with van der Waals surface area (Å²) in [6.45, 7) is 0. The molecule has 0 aromatic carbocycles. The Morgan fingerprint density at radius 3 is 1.24 bits per heavy atom. The van der Waals surface area contributed by atoms with Gasteiger partial charge in [0.2, 0.25) is 5.83 Å². The fraction of sp³-hybridized carbons (Fsp3) is 0.667. The number of hydrogen-bond donors (Lipinski definition) is 0. The number of hydrogen-bond acceptors (Lipinski definition) is 0. The predicted octanol–water partition coefficient (Wildman–Crippen LogP) is 5.80. The lowest BCUT2D eigenvalue weighted by atomic mass is 10.0. The molecule has 0 amide bonds. The van der Waals surface area contributed by atoms with Crippen LogP contribution in [0, 0.1) is 0 Å². The van der Waals surface area contributed by atoms with E-state index < -0.39 is 41.2 Å². The van der Waals surface area contributed by atoms with Gasteiger partial charge in [0.25, 0.3) is 0 Å². The van der Waals surface area contributed by atoms with Crippen molar-refractivity contribution < 1.29 is 48.3 Å². The molecule has 0 aromatic heterocycles. The van der Waals surface area contributed by atoms with Crippen molar-refractivity contribution in [1.29, 1.82) is 0 Å². The van der Waals surface area contributed by atoms with Crippen LogP contribution in [0.5, 0.6) is 0 Å². The molecule has 0 fully saturated rings. The molecule has 21 heavy (non-hydrogen) atoms. The Kier molecular flexibility index (Phi) is 5.62. The maximum absolute atomic E-state index is 12.8. The molecule has 0 saturated heterocycles. The van der Waals surface area contributed by atoms with Crippen LogP contribution in [0.3, 0.4) is 0 Å². The predicted molar refractivity (Wildman–Crippen MR) is 53.5 cm³/mol. The quantitative estimate of drug-likeness (QED) is 0.309. The van der Waals surface area contributed by atoms with Crippen molar-refractivity contribution in [2.24, 2.45) is 0 Å². The monoisotopic (exact) mass is 414 g/mol. The highest BCUT2D eigenvalue weighted by atomic mass is 35.8. The zero-order chi connectivity index (χ0) is 17.7. The third kappa shape index (κ3) is 3.53. The van der Waals surface area contributed by atoms with E-state index in [1.165, 1.54) is 0 Å². The van der Waals surface area contributed by atoms with Crippen LogP contribution < -0.4 is 0 Å². The van der Waals surface area contributed by atoms with Gasteiger partial charge in [0, 0.05) is 0 Å². The first-order chi connectivity index (χ1) is 8.82. The van der Waals surface area contributed by atoms with E-state index in [9.17, 15) is 48.3 Å². The Morgan fingerprint density at radius 2 is 1.00 bits per heavy atom. The molecule has 0 spiro atoms. The standard InChI is InChI=1S/C6Cl3F11Si/c7-21(8,9)2(11)1(10)3(12,13)4(14,15)5(16,17)6(18,19)20. The second-order valence-electron chi connectivity index (χ2n) is 3.35. The lowest BCUT2D eigenvalue weighted by Crippen LogP contribution is -2.61. The van der Waals surface area contributed by atoms with Crippen LogP contribution in [-0.4, -0.2) is 29.9 Å². The summed E-state index contributed by atoms with van der Waals surface area (Å²) in [7, 11) is 0. The zero-order valence-electron chi connectivity index (χ0n) is 8.79. The van der Waals surface area contributed by atoms with Gasteiger partial charge in [-0.2, -0.15) is 39.5 Å². The molecule has 0 bridgehead atoms. The van der Waals surface area contributed by atoms with Gasteiger partial charge in [0.15, 0.2) is 5.45 Å². The molecular formula is C6Cl3F11Si. The number of halogens is 14. The minimum Gasteiger partial charge on any atom is -0.209 e. The van der Waals surface area contributed by atoms with Gasteiger partial charge in [0.1, 0.15) is 0 Å². The number of alkyl halides is 9. The Morgan fingerprint density at radius 1 is 0.667 bits per heavy atom. The Bertz CT molecular complexity index is 434. The van der Waals surface area contributed by atoms with Crippen molar-refractivity contribution >= 4 is 39.2 Å². The van der Waals surface area contributed by atoms with E-state index in [-0.39, 0.29) is 0 Å². The van der Waals surface area contributed by atoms with Crippen molar-refractivity contribution in [2.45, 2.75) is 23.9 Å². The first kappa shape index (κ1) is 21.1. The third-order valence-electron chi connectivity index (χ3n) is 1.86. The SMILES string of the molecule is FC(=C(F)[Si](Cl)(Cl)Cl)C(F)(F)C(F)(F)C(F)(F)C(F)(F)F. The Balaban J connectivity index is 6.15. The van der Waals surface area contributed by atoms with Gasteiger partial charge >= 0.3 is 29.9 Å². The fourth-order valence-corrected chi connectivity index (χ4v) is 1.93. The van der Waals surface area contributed by atoms with Crippen LogP contribution in [0.4, 0.5) is 48.3 Å². The number of rotatable bonds is 4. The molecule has 0 unspecified atom stereocenters. The molecule has 0 heterocycles. The topological polar surface area (TPSA) is 0 Å². The molecular weight excluding hydrogens is 415 g/mol. The van der Waals surface area contributed by atoms with Crippen LogP contribution in [0.2, 0.25) is 0 Å². The first-order valence-electron chi connectivity index (χ1n) is 4.15. The van der Waals surface area contributed by atoms with Gasteiger partial charge in [-0.1, -0.05) is 0 Å². The summed E-state index contributed by atoms with van der Waals surface area (Å²) in [5.41, 5.74) is -3.13. The molecule has 0 aliphatic rings. The van der Waals surface area contributed by atoms with Gasteiger partial charge in [-0.25, -0.2) is 8.78 Å². The molecule has 126 valence electrons. The lowest BCUT2D eigenvalue weighted by molar-refractivity contribution is -0.391. The molecule has 0 radical (unpaired) electrons. The van der Waals surface area contributed by atoms with Crippen molar-refractivity contribution in [3.05, 3.63) is 11.3 Å². The van der Waals surface area contributed by atoms with E-state index in [1.54, 1.807) is 0 Å². The van der Waals surface area contributed by atoms with Crippen LogP contribution in [-0.2, 0) is 0 Å². The van der Waals surface area contributed by atoms with Crippen molar-refractivity contribution in [1.82, 2.24) is 0 Å². The van der Waals surface area contributed by atoms with E-state index in [4.69, 9.17) is 0 Å². The van der Waals surface area contributed by atoms with E-state index in [0.29, 0.717) is 0 Å². The molecule has 0 N–H and O–H groups in total. The zero-order valence-corrected chi connectivity index (χ0v) is 12.1. The second kappa shape index (κ2) is 5.60. The summed E-state index contributed by atoms with van der Waals surface area (Å²) >= 11 is 13.9. The summed E-state index contributed by atoms with van der Waals surface area (Å²) < 4.78 is 137. The molecule has 0 aliphatic carbocycles. The van der Waals surface area contributed by atoms with Gasteiger partial charge in [0.05, 0.1) is 0 Å². The highest BCUT2D eigenvalue weighted by Gasteiger charge is 2.83. The van der Waals surface area contributed by atoms with E-state index >= 15 is 0 Å². The minimum absolute atomic E-state index is 3.13. The lowest BCUT2D eigenvalue weighted by Gasteiger charge is -2.33. The van der Waals surface area contributed by atoms with Crippen molar-refractivity contribution in [3.8, 4) is 0 Å². The van der Waals surface area contributed by atoms with Crippen LogP contribution in [0.1, 0.15) is 0 Å². The summed E-state index contributed by atoms with van der Waals surface area (Å²) in [6.07, 6.45) is -7.17. The van der Waals surface area contributed by atoms with Crippen LogP contribution >= 0.6 is 33.2 Å². The van der Waals surface area contributed by atoms with Gasteiger partial charge < -0.3 is 0 Å². The normalized spacial score (nSPS) is 16.9. The van der Waals surface area contributed by atoms with Crippen molar-refractivity contribution in [2.75, 3.05) is 0 Å². The Labute approximate surface area is 123 Å². The molecule has 15 heteroatoms. The highest BCUT2D eigenvalue weighted by Crippen LogP contribution is 2.56. The highest BCUT2D eigenvalue weighted by molar-refractivity contribution is 7.67. The van der Waals surface area contributed by atoms with E-state index in [1.807, 2.05) is 0 Å². The third-order valence-corrected chi connectivity index (χ3v) is 4.07. The molecule has 0 aromatic rings.